The Morgan fingerprint density at radius 3 is 2.72 bits per heavy atom. The van der Waals surface area contributed by atoms with Crippen molar-refractivity contribution in [2.45, 2.75) is 10.8 Å². The second-order valence-corrected chi connectivity index (χ2v) is 5.58. The highest BCUT2D eigenvalue weighted by Crippen LogP contribution is 2.16. The Hall–Kier alpha value is -0.820. The Kier molecular flexibility index (Phi) is 5.87. The number of methoxy groups -OCH3 is 1. The largest absolute Gasteiger partial charge is 0.468 e. The number of ether oxygens (including phenoxy) is 1. The van der Waals surface area contributed by atoms with E-state index < -0.39 is 3.92 Å². The summed E-state index contributed by atoms with van der Waals surface area (Å²) in [6, 6.07) is 5.07. The highest BCUT2D eigenvalue weighted by molar-refractivity contribution is 14.1. The van der Waals surface area contributed by atoms with Crippen molar-refractivity contribution < 1.29 is 14.3 Å². The Bertz CT molecular complexity index is 465. The zero-order valence-electron chi connectivity index (χ0n) is 10.00. The minimum absolute atomic E-state index is 0.220. The van der Waals surface area contributed by atoms with E-state index in [-0.39, 0.29) is 18.4 Å². The van der Waals surface area contributed by atoms with Crippen molar-refractivity contribution in [2.24, 2.45) is 0 Å². The molecule has 0 aliphatic rings. The average Bonchev–Trinajstić information content (AvgIpc) is 2.37. The van der Waals surface area contributed by atoms with Crippen LogP contribution >= 0.6 is 34.2 Å². The third kappa shape index (κ3) is 4.13. The van der Waals surface area contributed by atoms with Crippen molar-refractivity contribution >= 4 is 46.1 Å². The van der Waals surface area contributed by atoms with E-state index in [2.05, 4.69) is 10.1 Å². The topological polar surface area (TPSA) is 55.4 Å². The molecule has 0 aliphatic carbocycles. The summed E-state index contributed by atoms with van der Waals surface area (Å²) in [4.78, 5) is 23.0. The molecule has 0 heterocycles. The van der Waals surface area contributed by atoms with E-state index in [4.69, 9.17) is 11.6 Å². The quantitative estimate of drug-likeness (QED) is 0.495. The first-order chi connectivity index (χ1) is 8.45. The smallest absolute Gasteiger partial charge is 0.320 e. The Morgan fingerprint density at radius 2 is 2.17 bits per heavy atom. The van der Waals surface area contributed by atoms with Gasteiger partial charge in [-0.1, -0.05) is 40.3 Å². The molecule has 0 bridgehead atoms. The first-order valence-corrected chi connectivity index (χ1v) is 6.84. The van der Waals surface area contributed by atoms with Crippen LogP contribution < -0.4 is 5.32 Å². The molecule has 4 nitrogen and oxygen atoms in total. The van der Waals surface area contributed by atoms with E-state index >= 15 is 0 Å². The van der Waals surface area contributed by atoms with E-state index in [0.717, 1.165) is 5.56 Å². The molecule has 1 atom stereocenters. The number of aryl methyl sites for hydroxylation is 1. The SMILES string of the molecule is COC(=O)C(I)CNC(=O)c1ccc(C)c(Cl)c1. The van der Waals surface area contributed by atoms with Crippen molar-refractivity contribution in [3.63, 3.8) is 0 Å². The lowest BCUT2D eigenvalue weighted by Crippen LogP contribution is -2.33. The van der Waals surface area contributed by atoms with Crippen LogP contribution in [-0.4, -0.2) is 29.5 Å². The summed E-state index contributed by atoms with van der Waals surface area (Å²) in [5.41, 5.74) is 1.38. The van der Waals surface area contributed by atoms with Gasteiger partial charge in [0.05, 0.1) is 7.11 Å². The molecule has 1 aromatic rings. The van der Waals surface area contributed by atoms with Gasteiger partial charge in [-0.3, -0.25) is 9.59 Å². The van der Waals surface area contributed by atoms with Crippen molar-refractivity contribution in [3.05, 3.63) is 34.3 Å². The lowest BCUT2D eigenvalue weighted by atomic mass is 10.1. The standard InChI is InChI=1S/C12H13ClINO3/c1-7-3-4-8(5-9(7)13)11(16)15-6-10(14)12(17)18-2/h3-5,10H,6H2,1-2H3,(H,15,16). The summed E-state index contributed by atoms with van der Waals surface area (Å²) < 4.78 is 4.16. The molecular formula is C12H13ClINO3. The van der Waals surface area contributed by atoms with E-state index in [9.17, 15) is 9.59 Å². The van der Waals surface area contributed by atoms with Gasteiger partial charge in [0.2, 0.25) is 0 Å². The van der Waals surface area contributed by atoms with Crippen LogP contribution in [0.5, 0.6) is 0 Å². The molecule has 98 valence electrons. The summed E-state index contributed by atoms with van der Waals surface area (Å²) in [7, 11) is 1.32. The fourth-order valence-electron chi connectivity index (χ4n) is 1.23. The number of esters is 1. The van der Waals surface area contributed by atoms with Gasteiger partial charge in [-0.15, -0.1) is 0 Å². The minimum atomic E-state index is -0.405. The van der Waals surface area contributed by atoms with Crippen LogP contribution in [0.2, 0.25) is 5.02 Å². The van der Waals surface area contributed by atoms with E-state index in [1.165, 1.54) is 7.11 Å². The fraction of sp³-hybridized carbons (Fsp3) is 0.333. The molecule has 18 heavy (non-hydrogen) atoms. The van der Waals surface area contributed by atoms with Crippen LogP contribution in [0.1, 0.15) is 15.9 Å². The third-order valence-electron chi connectivity index (χ3n) is 2.33. The number of halogens is 2. The molecule has 0 saturated carbocycles. The zero-order valence-corrected chi connectivity index (χ0v) is 12.9. The number of nitrogens with one attached hydrogen (secondary N) is 1. The number of carbonyl (C=O) groups is 2. The van der Waals surface area contributed by atoms with Crippen molar-refractivity contribution in [3.8, 4) is 0 Å². The van der Waals surface area contributed by atoms with E-state index in [1.807, 2.05) is 29.5 Å². The summed E-state index contributed by atoms with van der Waals surface area (Å²) in [5.74, 6) is -0.625. The monoisotopic (exact) mass is 381 g/mol. The van der Waals surface area contributed by atoms with Crippen molar-refractivity contribution in [2.75, 3.05) is 13.7 Å². The van der Waals surface area contributed by atoms with Crippen LogP contribution in [0.3, 0.4) is 0 Å². The number of benzene rings is 1. The molecule has 0 saturated heterocycles. The van der Waals surface area contributed by atoms with Crippen molar-refractivity contribution in [1.82, 2.24) is 5.32 Å². The van der Waals surface area contributed by atoms with E-state index in [1.54, 1.807) is 18.2 Å². The van der Waals surface area contributed by atoms with Gasteiger partial charge in [0.1, 0.15) is 3.92 Å². The summed E-state index contributed by atoms with van der Waals surface area (Å²) in [6.45, 7) is 2.08. The maximum atomic E-state index is 11.8. The number of alkyl halides is 1. The van der Waals surface area contributed by atoms with Gasteiger partial charge >= 0.3 is 5.97 Å². The first-order valence-electron chi connectivity index (χ1n) is 5.22. The molecular weight excluding hydrogens is 368 g/mol. The van der Waals surface area contributed by atoms with Crippen LogP contribution in [0.15, 0.2) is 18.2 Å². The van der Waals surface area contributed by atoms with Gasteiger partial charge in [0, 0.05) is 17.1 Å². The first kappa shape index (κ1) is 15.2. The Labute approximate surface area is 124 Å². The molecule has 0 aliphatic heterocycles. The summed E-state index contributed by atoms with van der Waals surface area (Å²) in [6.07, 6.45) is 0. The number of hydrogen-bond acceptors (Lipinski definition) is 3. The molecule has 0 fully saturated rings. The number of hydrogen-bond donors (Lipinski definition) is 1. The molecule has 0 radical (unpaired) electrons. The fourth-order valence-corrected chi connectivity index (χ4v) is 1.88. The van der Waals surface area contributed by atoms with Crippen LogP contribution in [0, 0.1) is 6.92 Å². The second-order valence-electron chi connectivity index (χ2n) is 3.66. The lowest BCUT2D eigenvalue weighted by molar-refractivity contribution is -0.139. The molecule has 1 N–H and O–H groups in total. The predicted molar refractivity (Wildman–Crippen MR) is 78.3 cm³/mol. The lowest BCUT2D eigenvalue weighted by Gasteiger charge is -2.09. The number of carbonyl (C=O) groups excluding carboxylic acids is 2. The van der Waals surface area contributed by atoms with E-state index in [0.29, 0.717) is 10.6 Å². The van der Waals surface area contributed by atoms with Gasteiger partial charge in [-0.25, -0.2) is 0 Å². The third-order valence-corrected chi connectivity index (χ3v) is 3.69. The Morgan fingerprint density at radius 1 is 1.50 bits per heavy atom. The zero-order chi connectivity index (χ0) is 13.7. The molecule has 1 rings (SSSR count). The van der Waals surface area contributed by atoms with Gasteiger partial charge in [-0.05, 0) is 24.6 Å². The molecule has 1 unspecified atom stereocenters. The van der Waals surface area contributed by atoms with Gasteiger partial charge in [-0.2, -0.15) is 0 Å². The van der Waals surface area contributed by atoms with Gasteiger partial charge in [0.15, 0.2) is 0 Å². The highest BCUT2D eigenvalue weighted by atomic mass is 127. The van der Waals surface area contributed by atoms with Crippen LogP contribution in [-0.2, 0) is 9.53 Å². The second kappa shape index (κ2) is 6.94. The van der Waals surface area contributed by atoms with Crippen molar-refractivity contribution in [1.29, 1.82) is 0 Å². The number of rotatable bonds is 4. The molecule has 1 amide bonds. The summed E-state index contributed by atoms with van der Waals surface area (Å²) in [5, 5.41) is 3.20. The average molecular weight is 382 g/mol. The van der Waals surface area contributed by atoms with Crippen LogP contribution in [0.25, 0.3) is 0 Å². The highest BCUT2D eigenvalue weighted by Gasteiger charge is 2.16. The molecule has 0 aromatic heterocycles. The van der Waals surface area contributed by atoms with Crippen LogP contribution in [0.4, 0.5) is 0 Å². The molecule has 6 heteroatoms. The minimum Gasteiger partial charge on any atom is -0.468 e. The number of amides is 1. The summed E-state index contributed by atoms with van der Waals surface area (Å²) >= 11 is 7.85. The normalized spacial score (nSPS) is 11.8. The maximum absolute atomic E-state index is 11.8. The Balaban J connectivity index is 2.60. The molecule has 0 spiro atoms. The predicted octanol–water partition coefficient (Wildman–Crippen LogP) is 2.35. The molecule has 1 aromatic carbocycles. The maximum Gasteiger partial charge on any atom is 0.320 e. The van der Waals surface area contributed by atoms with Gasteiger partial charge < -0.3 is 10.1 Å². The van der Waals surface area contributed by atoms with Gasteiger partial charge in [0.25, 0.3) is 5.91 Å².